The first kappa shape index (κ1) is 28.4. The van der Waals surface area contributed by atoms with Crippen molar-refractivity contribution in [1.82, 2.24) is 0 Å². The third kappa shape index (κ3) is 7.28. The van der Waals surface area contributed by atoms with E-state index in [0.717, 1.165) is 5.56 Å². The van der Waals surface area contributed by atoms with Crippen molar-refractivity contribution in [1.29, 1.82) is 0 Å². The summed E-state index contributed by atoms with van der Waals surface area (Å²) in [6.07, 6.45) is -6.04. The summed E-state index contributed by atoms with van der Waals surface area (Å²) in [6.45, 7) is 3.76. The van der Waals surface area contributed by atoms with Crippen LogP contribution in [-0.4, -0.2) is 87.4 Å². The Balaban J connectivity index is 1.53. The molecule has 1 aromatic rings. The SMILES string of the molecule is CO[C@@H]1C[C@@H](O[C@@H]2C[C@@H](OC(C)=O)[C@H](OC(C)=O)[C@@H](COC(C)=O)O2)[C@@H]2OC(c3ccccc3)OC[C@H]2O1. The molecule has 9 atom stereocenters. The van der Waals surface area contributed by atoms with Crippen LogP contribution in [0.25, 0.3) is 0 Å². The molecule has 0 bridgehead atoms. The van der Waals surface area contributed by atoms with Crippen molar-refractivity contribution in [3.8, 4) is 0 Å². The van der Waals surface area contributed by atoms with E-state index in [0.29, 0.717) is 6.42 Å². The summed E-state index contributed by atoms with van der Waals surface area (Å²) < 4.78 is 52.1. The van der Waals surface area contributed by atoms with Crippen molar-refractivity contribution in [3.05, 3.63) is 35.9 Å². The summed E-state index contributed by atoms with van der Waals surface area (Å²) in [5.74, 6) is -1.70. The molecular formula is C26H34O12. The highest BCUT2D eigenvalue weighted by atomic mass is 16.8. The van der Waals surface area contributed by atoms with Crippen LogP contribution in [0.3, 0.4) is 0 Å². The van der Waals surface area contributed by atoms with Crippen LogP contribution < -0.4 is 0 Å². The van der Waals surface area contributed by atoms with E-state index < -0.39 is 73.4 Å². The maximum atomic E-state index is 11.9. The molecule has 3 saturated heterocycles. The molecule has 0 N–H and O–H groups in total. The number of methoxy groups -OCH3 is 1. The number of esters is 3. The number of benzene rings is 1. The van der Waals surface area contributed by atoms with Crippen LogP contribution in [0.4, 0.5) is 0 Å². The van der Waals surface area contributed by atoms with Gasteiger partial charge in [0.05, 0.1) is 12.7 Å². The van der Waals surface area contributed by atoms with Crippen molar-refractivity contribution in [2.24, 2.45) is 0 Å². The number of hydrogen-bond donors (Lipinski definition) is 0. The molecule has 3 aliphatic heterocycles. The fourth-order valence-corrected chi connectivity index (χ4v) is 4.81. The smallest absolute Gasteiger partial charge is 0.303 e. The molecule has 0 spiro atoms. The summed E-state index contributed by atoms with van der Waals surface area (Å²) >= 11 is 0. The molecule has 4 rings (SSSR count). The largest absolute Gasteiger partial charge is 0.463 e. The predicted octanol–water partition coefficient (Wildman–Crippen LogP) is 1.79. The third-order valence-electron chi connectivity index (χ3n) is 6.39. The molecule has 12 nitrogen and oxygen atoms in total. The standard InChI is InChI=1S/C26H34O12/c1-14(27)31-12-20-24(34-16(3)29)18(33-15(2)28)11-23(37-20)35-19-10-22(30-4)36-21-13-32-26(38-25(19)21)17-8-6-5-7-9-17/h5-9,18-26H,10-13H2,1-4H3/t18-,19-,20-,21-,22+,23+,24+,25+,26?/m1/s1. The number of carbonyl (C=O) groups is 3. The van der Waals surface area contributed by atoms with Gasteiger partial charge in [-0.15, -0.1) is 0 Å². The molecule has 3 aliphatic rings. The van der Waals surface area contributed by atoms with Crippen LogP contribution in [0.15, 0.2) is 30.3 Å². The molecule has 3 fully saturated rings. The first-order valence-corrected chi connectivity index (χ1v) is 12.5. The topological polar surface area (TPSA) is 134 Å². The minimum absolute atomic E-state index is 0.0686. The Morgan fingerprint density at radius 2 is 1.58 bits per heavy atom. The number of carbonyl (C=O) groups excluding carboxylic acids is 3. The molecule has 210 valence electrons. The quantitative estimate of drug-likeness (QED) is 0.353. The van der Waals surface area contributed by atoms with Gasteiger partial charge < -0.3 is 42.6 Å². The van der Waals surface area contributed by atoms with Gasteiger partial charge in [0.25, 0.3) is 0 Å². The van der Waals surface area contributed by atoms with E-state index in [2.05, 4.69) is 0 Å². The van der Waals surface area contributed by atoms with Gasteiger partial charge in [0.2, 0.25) is 0 Å². The zero-order valence-corrected chi connectivity index (χ0v) is 21.8. The molecule has 0 radical (unpaired) electrons. The average Bonchev–Trinajstić information content (AvgIpc) is 2.88. The summed E-state index contributed by atoms with van der Waals surface area (Å²) in [7, 11) is 1.53. The maximum Gasteiger partial charge on any atom is 0.303 e. The molecule has 12 heteroatoms. The zero-order chi connectivity index (χ0) is 27.2. The molecule has 0 saturated carbocycles. The van der Waals surface area contributed by atoms with Crippen molar-refractivity contribution in [2.45, 2.75) is 89.1 Å². The summed E-state index contributed by atoms with van der Waals surface area (Å²) in [4.78, 5) is 35.1. The fraction of sp³-hybridized carbons (Fsp3) is 0.654. The second kappa shape index (κ2) is 13.0. The van der Waals surface area contributed by atoms with Gasteiger partial charge in [0, 0.05) is 46.3 Å². The zero-order valence-electron chi connectivity index (χ0n) is 21.8. The number of fused-ring (bicyclic) bond motifs is 1. The van der Waals surface area contributed by atoms with Crippen molar-refractivity contribution in [2.75, 3.05) is 20.3 Å². The van der Waals surface area contributed by atoms with Crippen molar-refractivity contribution >= 4 is 17.9 Å². The lowest BCUT2D eigenvalue weighted by atomic mass is 9.98. The van der Waals surface area contributed by atoms with Crippen LogP contribution in [-0.2, 0) is 57.0 Å². The molecule has 1 unspecified atom stereocenters. The predicted molar refractivity (Wildman–Crippen MR) is 126 cm³/mol. The van der Waals surface area contributed by atoms with Gasteiger partial charge in [-0.05, 0) is 0 Å². The van der Waals surface area contributed by atoms with Gasteiger partial charge in [-0.3, -0.25) is 14.4 Å². The van der Waals surface area contributed by atoms with E-state index >= 15 is 0 Å². The van der Waals surface area contributed by atoms with Crippen LogP contribution in [0.5, 0.6) is 0 Å². The van der Waals surface area contributed by atoms with Crippen LogP contribution in [0.1, 0.15) is 45.5 Å². The first-order valence-electron chi connectivity index (χ1n) is 12.5. The minimum Gasteiger partial charge on any atom is -0.463 e. The number of rotatable bonds is 8. The van der Waals surface area contributed by atoms with Crippen LogP contribution in [0, 0.1) is 0 Å². The average molecular weight is 539 g/mol. The Morgan fingerprint density at radius 1 is 0.868 bits per heavy atom. The van der Waals surface area contributed by atoms with Gasteiger partial charge in [-0.1, -0.05) is 30.3 Å². The van der Waals surface area contributed by atoms with E-state index in [4.69, 9.17) is 42.6 Å². The second-order valence-electron chi connectivity index (χ2n) is 9.29. The molecule has 38 heavy (non-hydrogen) atoms. The van der Waals surface area contributed by atoms with E-state index in [1.807, 2.05) is 30.3 Å². The second-order valence-corrected chi connectivity index (χ2v) is 9.29. The lowest BCUT2D eigenvalue weighted by Gasteiger charge is -2.47. The molecule has 0 aliphatic carbocycles. The van der Waals surface area contributed by atoms with Crippen LogP contribution in [0.2, 0.25) is 0 Å². The number of hydrogen-bond acceptors (Lipinski definition) is 12. The van der Waals surface area contributed by atoms with Crippen molar-refractivity contribution in [3.63, 3.8) is 0 Å². The highest BCUT2D eigenvalue weighted by molar-refractivity contribution is 5.67. The Kier molecular flexibility index (Phi) is 9.69. The highest BCUT2D eigenvalue weighted by Gasteiger charge is 2.49. The van der Waals surface area contributed by atoms with Gasteiger partial charge in [0.15, 0.2) is 25.0 Å². The Bertz CT molecular complexity index is 955. The van der Waals surface area contributed by atoms with E-state index in [9.17, 15) is 14.4 Å². The van der Waals surface area contributed by atoms with Gasteiger partial charge >= 0.3 is 17.9 Å². The van der Waals surface area contributed by atoms with Crippen LogP contribution >= 0.6 is 0 Å². The van der Waals surface area contributed by atoms with Gasteiger partial charge in [-0.2, -0.15) is 0 Å². The normalized spacial score (nSPS) is 35.0. The Labute approximate surface area is 220 Å². The van der Waals surface area contributed by atoms with Gasteiger partial charge in [-0.25, -0.2) is 0 Å². The number of ether oxygens (including phenoxy) is 9. The minimum atomic E-state index is -0.994. The lowest BCUT2D eigenvalue weighted by Crippen LogP contribution is -2.59. The summed E-state index contributed by atoms with van der Waals surface area (Å²) in [5, 5.41) is 0. The third-order valence-corrected chi connectivity index (χ3v) is 6.39. The van der Waals surface area contributed by atoms with E-state index in [-0.39, 0.29) is 19.6 Å². The van der Waals surface area contributed by atoms with E-state index in [1.54, 1.807) is 0 Å². The van der Waals surface area contributed by atoms with Crippen molar-refractivity contribution < 1.29 is 57.0 Å². The molecule has 0 amide bonds. The first-order chi connectivity index (χ1) is 18.2. The molecule has 0 aromatic heterocycles. The lowest BCUT2D eigenvalue weighted by molar-refractivity contribution is -0.360. The molecular weight excluding hydrogens is 504 g/mol. The highest BCUT2D eigenvalue weighted by Crippen LogP contribution is 2.37. The summed E-state index contributed by atoms with van der Waals surface area (Å²) in [6, 6.07) is 9.52. The fourth-order valence-electron chi connectivity index (χ4n) is 4.81. The maximum absolute atomic E-state index is 11.9. The Hall–Kier alpha value is -2.61. The van der Waals surface area contributed by atoms with Gasteiger partial charge in [0.1, 0.15) is 31.0 Å². The monoisotopic (exact) mass is 538 g/mol. The summed E-state index contributed by atoms with van der Waals surface area (Å²) in [5.41, 5.74) is 0.855. The Morgan fingerprint density at radius 3 is 2.24 bits per heavy atom. The molecule has 1 aromatic carbocycles. The van der Waals surface area contributed by atoms with E-state index in [1.165, 1.54) is 27.9 Å². The molecule has 3 heterocycles.